The van der Waals surface area contributed by atoms with Gasteiger partial charge >= 0.3 is 0 Å². The molecular weight excluding hydrogens is 369 g/mol. The number of benzene rings is 1. The molecule has 0 aromatic heterocycles. The highest BCUT2D eigenvalue weighted by molar-refractivity contribution is 6.01. The Hall–Kier alpha value is -2.97. The van der Waals surface area contributed by atoms with Crippen LogP contribution in [0.3, 0.4) is 0 Å². The van der Waals surface area contributed by atoms with Crippen LogP contribution in [-0.4, -0.2) is 42.8 Å². The van der Waals surface area contributed by atoms with Crippen molar-refractivity contribution in [2.75, 3.05) is 18.0 Å². The molecule has 0 radical (unpaired) electrons. The van der Waals surface area contributed by atoms with E-state index in [1.807, 2.05) is 6.92 Å². The zero-order valence-electron chi connectivity index (χ0n) is 15.7. The number of halogens is 1. The monoisotopic (exact) mass is 392 g/mol. The summed E-state index contributed by atoms with van der Waals surface area (Å²) in [6.45, 7) is 3.06. The van der Waals surface area contributed by atoms with Crippen molar-refractivity contribution in [2.45, 2.75) is 32.7 Å². The molecule has 1 heterocycles. The number of carbonyl (C=O) groups excluding carboxylic acids is 4. The molecule has 2 N–H and O–H groups in total. The summed E-state index contributed by atoms with van der Waals surface area (Å²) in [5.41, 5.74) is 0.492. The molecule has 1 fully saturated rings. The summed E-state index contributed by atoms with van der Waals surface area (Å²) in [5, 5.41) is 15.4. The number of aliphatic carboxylic acids is 1. The lowest BCUT2D eigenvalue weighted by Gasteiger charge is -2.25. The summed E-state index contributed by atoms with van der Waals surface area (Å²) in [6.07, 6.45) is 0.548. The first-order valence-corrected chi connectivity index (χ1v) is 9.06. The Kier molecular flexibility index (Phi) is 7.08. The third kappa shape index (κ3) is 5.28. The fraction of sp³-hybridized carbons (Fsp3) is 0.474. The maximum Gasteiger partial charge on any atom is 0.243 e. The van der Waals surface area contributed by atoms with E-state index in [-0.39, 0.29) is 24.8 Å². The van der Waals surface area contributed by atoms with Crippen LogP contribution in [0.2, 0.25) is 0 Å². The standard InChI is InChI=1S/C19H24FN3O5/c1-3-11(2)17(19(28)21-9-16(25)26)22-18(27)12-8-15(24)23(10-12)14-6-4-13(20)5-7-14/h4-7,11-12,17H,3,8-10H2,1-2H3,(H,21,28)(H,22,27)(H,25,26)/p-1/t11-,12-,17+/m1/s1. The number of hydrogen-bond acceptors (Lipinski definition) is 5. The molecule has 1 aliphatic heterocycles. The van der Waals surface area contributed by atoms with Gasteiger partial charge in [-0.2, -0.15) is 0 Å². The maximum absolute atomic E-state index is 13.1. The summed E-state index contributed by atoms with van der Waals surface area (Å²) >= 11 is 0. The van der Waals surface area contributed by atoms with Crippen molar-refractivity contribution in [3.8, 4) is 0 Å². The molecule has 152 valence electrons. The Morgan fingerprint density at radius 2 is 1.93 bits per heavy atom. The van der Waals surface area contributed by atoms with Crippen LogP contribution in [0.1, 0.15) is 26.7 Å². The quantitative estimate of drug-likeness (QED) is 0.623. The zero-order valence-corrected chi connectivity index (χ0v) is 15.7. The van der Waals surface area contributed by atoms with Gasteiger partial charge in [-0.3, -0.25) is 14.4 Å². The number of carboxylic acid groups (broad SMARTS) is 1. The average molecular weight is 392 g/mol. The molecule has 1 saturated heterocycles. The normalized spacial score (nSPS) is 18.5. The van der Waals surface area contributed by atoms with E-state index in [1.165, 1.54) is 29.2 Å². The van der Waals surface area contributed by atoms with Gasteiger partial charge in [-0.15, -0.1) is 0 Å². The van der Waals surface area contributed by atoms with Gasteiger partial charge in [0.15, 0.2) is 0 Å². The predicted octanol–water partition coefficient (Wildman–Crippen LogP) is -0.424. The lowest BCUT2D eigenvalue weighted by Crippen LogP contribution is -2.53. The van der Waals surface area contributed by atoms with Crippen LogP contribution in [0.15, 0.2) is 24.3 Å². The first kappa shape index (κ1) is 21.3. The third-order valence-corrected chi connectivity index (χ3v) is 4.83. The fourth-order valence-corrected chi connectivity index (χ4v) is 3.00. The van der Waals surface area contributed by atoms with E-state index in [0.717, 1.165) is 0 Å². The van der Waals surface area contributed by atoms with E-state index in [4.69, 9.17) is 0 Å². The molecule has 0 spiro atoms. The number of nitrogens with one attached hydrogen (secondary N) is 2. The highest BCUT2D eigenvalue weighted by Crippen LogP contribution is 2.25. The van der Waals surface area contributed by atoms with Crippen molar-refractivity contribution in [2.24, 2.45) is 11.8 Å². The van der Waals surface area contributed by atoms with Crippen LogP contribution >= 0.6 is 0 Å². The minimum atomic E-state index is -1.43. The van der Waals surface area contributed by atoms with E-state index in [0.29, 0.717) is 12.1 Å². The van der Waals surface area contributed by atoms with Crippen molar-refractivity contribution in [1.29, 1.82) is 0 Å². The molecule has 1 aliphatic rings. The van der Waals surface area contributed by atoms with Crippen molar-refractivity contribution in [3.63, 3.8) is 0 Å². The maximum atomic E-state index is 13.1. The minimum absolute atomic E-state index is 0.0307. The summed E-state index contributed by atoms with van der Waals surface area (Å²) in [4.78, 5) is 49.1. The number of nitrogens with zero attached hydrogens (tertiary/aromatic N) is 1. The SMILES string of the molecule is CC[C@@H](C)[C@H](NC(=O)[C@@H]1CC(=O)N(c2ccc(F)cc2)C1)C(=O)NCC(=O)[O-]. The molecule has 28 heavy (non-hydrogen) atoms. The fourth-order valence-electron chi connectivity index (χ4n) is 3.00. The summed E-state index contributed by atoms with van der Waals surface area (Å²) in [7, 11) is 0. The topological polar surface area (TPSA) is 119 Å². The molecule has 1 aromatic carbocycles. The van der Waals surface area contributed by atoms with Crippen LogP contribution in [-0.2, 0) is 19.2 Å². The van der Waals surface area contributed by atoms with Crippen molar-refractivity contribution < 1.29 is 28.7 Å². The van der Waals surface area contributed by atoms with Gasteiger partial charge in [0.25, 0.3) is 0 Å². The largest absolute Gasteiger partial charge is 0.548 e. The van der Waals surface area contributed by atoms with Crippen LogP contribution < -0.4 is 20.6 Å². The lowest BCUT2D eigenvalue weighted by atomic mass is 9.97. The average Bonchev–Trinajstić information content (AvgIpc) is 3.05. The van der Waals surface area contributed by atoms with E-state index in [1.54, 1.807) is 6.92 Å². The highest BCUT2D eigenvalue weighted by atomic mass is 19.1. The van der Waals surface area contributed by atoms with Crippen molar-refractivity contribution in [3.05, 3.63) is 30.1 Å². The number of rotatable bonds is 8. The number of anilines is 1. The molecule has 1 aromatic rings. The van der Waals surface area contributed by atoms with Gasteiger partial charge < -0.3 is 25.4 Å². The van der Waals surface area contributed by atoms with Crippen LogP contribution in [0.25, 0.3) is 0 Å². The molecule has 2 rings (SSSR count). The number of amides is 3. The molecule has 0 unspecified atom stereocenters. The second-order valence-electron chi connectivity index (χ2n) is 6.84. The highest BCUT2D eigenvalue weighted by Gasteiger charge is 2.37. The van der Waals surface area contributed by atoms with Gasteiger partial charge in [0, 0.05) is 18.7 Å². The lowest BCUT2D eigenvalue weighted by molar-refractivity contribution is -0.304. The van der Waals surface area contributed by atoms with Crippen molar-refractivity contribution >= 4 is 29.4 Å². The van der Waals surface area contributed by atoms with Gasteiger partial charge in [-0.25, -0.2) is 4.39 Å². The summed E-state index contributed by atoms with van der Waals surface area (Å²) < 4.78 is 13.1. The Labute approximate surface area is 162 Å². The van der Waals surface area contributed by atoms with Gasteiger partial charge in [-0.05, 0) is 30.2 Å². The third-order valence-electron chi connectivity index (χ3n) is 4.83. The first-order chi connectivity index (χ1) is 13.2. The number of carboxylic acids is 1. The minimum Gasteiger partial charge on any atom is -0.548 e. The van der Waals surface area contributed by atoms with E-state index < -0.39 is 42.1 Å². The molecule has 0 bridgehead atoms. The Morgan fingerprint density at radius 1 is 1.29 bits per heavy atom. The Balaban J connectivity index is 2.04. The number of hydrogen-bond donors (Lipinski definition) is 2. The molecule has 8 nitrogen and oxygen atoms in total. The van der Waals surface area contributed by atoms with Gasteiger partial charge in [0.1, 0.15) is 11.9 Å². The van der Waals surface area contributed by atoms with E-state index in [9.17, 15) is 28.7 Å². The summed E-state index contributed by atoms with van der Waals surface area (Å²) in [6, 6.07) is 4.46. The van der Waals surface area contributed by atoms with Crippen LogP contribution in [0.4, 0.5) is 10.1 Å². The Bertz CT molecular complexity index is 752. The van der Waals surface area contributed by atoms with Crippen LogP contribution in [0, 0.1) is 17.7 Å². The molecule has 3 amide bonds. The molecule has 0 saturated carbocycles. The molecule has 0 aliphatic carbocycles. The van der Waals surface area contributed by atoms with Crippen LogP contribution in [0.5, 0.6) is 0 Å². The smallest absolute Gasteiger partial charge is 0.243 e. The first-order valence-electron chi connectivity index (χ1n) is 9.06. The predicted molar refractivity (Wildman–Crippen MR) is 96.3 cm³/mol. The molecular formula is C19H23FN3O5-. The molecule has 3 atom stereocenters. The van der Waals surface area contributed by atoms with Gasteiger partial charge in [0.2, 0.25) is 17.7 Å². The summed E-state index contributed by atoms with van der Waals surface area (Å²) in [5.74, 6) is -4.12. The van der Waals surface area contributed by atoms with E-state index >= 15 is 0 Å². The zero-order chi connectivity index (χ0) is 20.8. The molecule has 9 heteroatoms. The van der Waals surface area contributed by atoms with E-state index in [2.05, 4.69) is 10.6 Å². The Morgan fingerprint density at radius 3 is 2.50 bits per heavy atom. The second-order valence-corrected chi connectivity index (χ2v) is 6.84. The van der Waals surface area contributed by atoms with Gasteiger partial charge in [-0.1, -0.05) is 20.3 Å². The van der Waals surface area contributed by atoms with Crippen molar-refractivity contribution in [1.82, 2.24) is 10.6 Å². The second kappa shape index (κ2) is 9.29. The number of carbonyl (C=O) groups is 4. The van der Waals surface area contributed by atoms with Gasteiger partial charge in [0.05, 0.1) is 18.4 Å².